The van der Waals surface area contributed by atoms with Gasteiger partial charge in [-0.25, -0.2) is 14.6 Å². The third-order valence-corrected chi connectivity index (χ3v) is 4.33. The number of aryl methyl sites for hydroxylation is 1. The zero-order valence-corrected chi connectivity index (χ0v) is 16.2. The zero-order chi connectivity index (χ0) is 18.8. The highest BCUT2D eigenvalue weighted by Crippen LogP contribution is 2.24. The van der Waals surface area contributed by atoms with Crippen LogP contribution in [-0.4, -0.2) is 25.7 Å². The molecule has 0 bridgehead atoms. The van der Waals surface area contributed by atoms with Crippen LogP contribution in [0.4, 0.5) is 5.95 Å². The number of halogens is 1. The number of nitrogens with zero attached hydrogens (tertiary/aromatic N) is 4. The first-order valence-electron chi connectivity index (χ1n) is 8.15. The van der Waals surface area contributed by atoms with Crippen LogP contribution < -0.4 is 10.9 Å². The van der Waals surface area contributed by atoms with Gasteiger partial charge in [0.1, 0.15) is 6.54 Å². The Balaban J connectivity index is 1.97. The average molecular weight is 416 g/mol. The van der Waals surface area contributed by atoms with Crippen LogP contribution in [-0.2, 0) is 11.3 Å². The summed E-state index contributed by atoms with van der Waals surface area (Å²) in [5, 5.41) is 8.34. The van der Waals surface area contributed by atoms with Crippen LogP contribution in [0.1, 0.15) is 31.2 Å². The van der Waals surface area contributed by atoms with Gasteiger partial charge in [-0.2, -0.15) is 5.10 Å². The number of fused-ring (bicyclic) bond motifs is 1. The molecule has 8 heteroatoms. The first-order valence-corrected chi connectivity index (χ1v) is 8.94. The third kappa shape index (κ3) is 3.80. The fourth-order valence-electron chi connectivity index (χ4n) is 2.63. The Labute approximate surface area is 158 Å². The van der Waals surface area contributed by atoms with Gasteiger partial charge in [0.2, 0.25) is 11.9 Å². The van der Waals surface area contributed by atoms with Crippen LogP contribution >= 0.6 is 15.9 Å². The highest BCUT2D eigenvalue weighted by molar-refractivity contribution is 9.10. The predicted octanol–water partition coefficient (Wildman–Crippen LogP) is 3.02. The second kappa shape index (κ2) is 7.33. The summed E-state index contributed by atoms with van der Waals surface area (Å²) < 4.78 is 2.07. The Morgan fingerprint density at radius 2 is 2.04 bits per heavy atom. The Kier molecular flexibility index (Phi) is 5.13. The van der Waals surface area contributed by atoms with Crippen molar-refractivity contribution in [3.8, 4) is 0 Å². The van der Waals surface area contributed by atoms with Crippen molar-refractivity contribution in [2.75, 3.05) is 5.32 Å². The number of aromatic nitrogens is 4. The first-order chi connectivity index (χ1) is 12.3. The van der Waals surface area contributed by atoms with E-state index in [2.05, 4.69) is 36.3 Å². The van der Waals surface area contributed by atoms with Crippen LogP contribution in [0.5, 0.6) is 0 Å². The summed E-state index contributed by atoms with van der Waals surface area (Å²) in [5.41, 5.74) is 1.20. The summed E-state index contributed by atoms with van der Waals surface area (Å²) in [6, 6.07) is 7.16. The van der Waals surface area contributed by atoms with Gasteiger partial charge >= 0.3 is 0 Å². The van der Waals surface area contributed by atoms with Gasteiger partial charge in [-0.15, -0.1) is 0 Å². The Morgan fingerprint density at radius 3 is 2.73 bits per heavy atom. The molecule has 7 nitrogen and oxygen atoms in total. The minimum atomic E-state index is -0.406. The number of hydrogen-bond donors (Lipinski definition) is 1. The summed E-state index contributed by atoms with van der Waals surface area (Å²) in [5.74, 6) is -0.102. The van der Waals surface area contributed by atoms with Crippen molar-refractivity contribution in [3.05, 3.63) is 56.7 Å². The number of benzene rings is 1. The summed E-state index contributed by atoms with van der Waals surface area (Å²) >= 11 is 3.43. The molecule has 0 fully saturated rings. The smallest absolute Gasteiger partial charge is 0.275 e. The van der Waals surface area contributed by atoms with Crippen molar-refractivity contribution in [3.63, 3.8) is 0 Å². The molecule has 0 saturated carbocycles. The molecule has 134 valence electrons. The van der Waals surface area contributed by atoms with E-state index < -0.39 is 5.91 Å². The Bertz CT molecular complexity index is 1050. The molecule has 1 N–H and O–H groups in total. The van der Waals surface area contributed by atoms with Crippen LogP contribution in [0.25, 0.3) is 10.8 Å². The van der Waals surface area contributed by atoms with E-state index in [9.17, 15) is 9.59 Å². The first kappa shape index (κ1) is 18.2. The molecular weight excluding hydrogens is 398 g/mol. The Morgan fingerprint density at radius 1 is 1.27 bits per heavy atom. The van der Waals surface area contributed by atoms with Gasteiger partial charge in [0, 0.05) is 21.7 Å². The number of amides is 1. The van der Waals surface area contributed by atoms with Crippen LogP contribution in [0, 0.1) is 6.92 Å². The van der Waals surface area contributed by atoms with Gasteiger partial charge in [0.05, 0.1) is 11.1 Å². The lowest BCUT2D eigenvalue weighted by atomic mass is 10.0. The molecule has 0 aliphatic carbocycles. The molecule has 1 aromatic carbocycles. The summed E-state index contributed by atoms with van der Waals surface area (Å²) in [4.78, 5) is 33.2. The van der Waals surface area contributed by atoms with Gasteiger partial charge in [-0.05, 0) is 37.1 Å². The normalized spacial score (nSPS) is 11.1. The number of hydrogen-bond acceptors (Lipinski definition) is 5. The maximum absolute atomic E-state index is 12.7. The highest BCUT2D eigenvalue weighted by Gasteiger charge is 2.16. The topological polar surface area (TPSA) is 89.8 Å². The van der Waals surface area contributed by atoms with Gasteiger partial charge < -0.3 is 0 Å². The maximum Gasteiger partial charge on any atom is 0.275 e. The third-order valence-electron chi connectivity index (χ3n) is 3.84. The summed E-state index contributed by atoms with van der Waals surface area (Å²) in [6.07, 6.45) is 1.56. The van der Waals surface area contributed by atoms with Gasteiger partial charge in [0.25, 0.3) is 5.56 Å². The molecular formula is C18H18BrN5O2. The number of nitrogens with one attached hydrogen (secondary N) is 1. The zero-order valence-electron chi connectivity index (χ0n) is 14.7. The minimum Gasteiger partial charge on any atom is -0.293 e. The minimum absolute atomic E-state index is 0.0989. The van der Waals surface area contributed by atoms with Gasteiger partial charge in [-0.1, -0.05) is 29.8 Å². The molecule has 2 aromatic heterocycles. The lowest BCUT2D eigenvalue weighted by Gasteiger charge is -2.13. The standard InChI is InChI=1S/C18H18BrN5O2/c1-10(2)16-14-8-12(19)4-5-13(14)17(26)24(23-16)9-15(25)22-18-20-7-6-11(3)21-18/h4-8,10H,9H2,1-3H3,(H,20,21,22,25). The predicted molar refractivity (Wildman–Crippen MR) is 103 cm³/mol. The lowest BCUT2D eigenvalue weighted by molar-refractivity contribution is -0.117. The van der Waals surface area contributed by atoms with E-state index in [1.807, 2.05) is 19.9 Å². The molecule has 0 unspecified atom stereocenters. The van der Waals surface area contributed by atoms with Crippen molar-refractivity contribution in [2.24, 2.45) is 0 Å². The number of anilines is 1. The van der Waals surface area contributed by atoms with Crippen LogP contribution in [0.15, 0.2) is 39.7 Å². The fourth-order valence-corrected chi connectivity index (χ4v) is 2.99. The molecule has 3 aromatic rings. The highest BCUT2D eigenvalue weighted by atomic mass is 79.9. The lowest BCUT2D eigenvalue weighted by Crippen LogP contribution is -2.31. The molecule has 0 aliphatic heterocycles. The van der Waals surface area contributed by atoms with Crippen molar-refractivity contribution >= 4 is 38.6 Å². The molecule has 1 amide bonds. The average Bonchev–Trinajstić information content (AvgIpc) is 2.57. The van der Waals surface area contributed by atoms with Crippen molar-refractivity contribution in [1.29, 1.82) is 0 Å². The van der Waals surface area contributed by atoms with E-state index >= 15 is 0 Å². The van der Waals surface area contributed by atoms with Gasteiger partial charge in [-0.3, -0.25) is 14.9 Å². The molecule has 0 spiro atoms. The van der Waals surface area contributed by atoms with E-state index in [1.165, 1.54) is 4.68 Å². The molecule has 0 aliphatic rings. The monoisotopic (exact) mass is 415 g/mol. The summed E-state index contributed by atoms with van der Waals surface area (Å²) in [6.45, 7) is 5.60. The maximum atomic E-state index is 12.7. The molecule has 2 heterocycles. The molecule has 0 saturated heterocycles. The van der Waals surface area contributed by atoms with Crippen LogP contribution in [0.2, 0.25) is 0 Å². The number of rotatable bonds is 4. The van der Waals surface area contributed by atoms with Gasteiger partial charge in [0.15, 0.2) is 0 Å². The van der Waals surface area contributed by atoms with E-state index in [-0.39, 0.29) is 24.0 Å². The fraction of sp³-hybridized carbons (Fsp3) is 0.278. The van der Waals surface area contributed by atoms with E-state index in [0.717, 1.165) is 21.2 Å². The largest absolute Gasteiger partial charge is 0.293 e. The number of carbonyl (C=O) groups excluding carboxylic acids is 1. The quantitative estimate of drug-likeness (QED) is 0.706. The van der Waals surface area contributed by atoms with Crippen molar-refractivity contribution in [1.82, 2.24) is 19.7 Å². The van der Waals surface area contributed by atoms with E-state index in [1.54, 1.807) is 31.3 Å². The summed E-state index contributed by atoms with van der Waals surface area (Å²) in [7, 11) is 0. The molecule has 0 atom stereocenters. The van der Waals surface area contributed by atoms with E-state index in [0.29, 0.717) is 5.39 Å². The molecule has 3 rings (SSSR count). The van der Waals surface area contributed by atoms with Crippen LogP contribution in [0.3, 0.4) is 0 Å². The van der Waals surface area contributed by atoms with Crippen molar-refractivity contribution < 1.29 is 4.79 Å². The second-order valence-electron chi connectivity index (χ2n) is 6.26. The SMILES string of the molecule is Cc1ccnc(NC(=O)Cn2nc(C(C)C)c3cc(Br)ccc3c2=O)n1. The second-order valence-corrected chi connectivity index (χ2v) is 7.18. The molecule has 26 heavy (non-hydrogen) atoms. The number of carbonyl (C=O) groups is 1. The molecule has 0 radical (unpaired) electrons. The Hall–Kier alpha value is -2.61. The van der Waals surface area contributed by atoms with Crippen molar-refractivity contribution in [2.45, 2.75) is 33.2 Å². The van der Waals surface area contributed by atoms with E-state index in [4.69, 9.17) is 0 Å².